The molecule has 0 aromatic carbocycles. The summed E-state index contributed by atoms with van der Waals surface area (Å²) in [5.74, 6) is 0.388. The number of ether oxygens (including phenoxy) is 1. The van der Waals surface area contributed by atoms with Crippen LogP contribution in [-0.2, 0) is 4.74 Å². The van der Waals surface area contributed by atoms with Crippen molar-refractivity contribution in [3.05, 3.63) is 17.9 Å². The van der Waals surface area contributed by atoms with Crippen molar-refractivity contribution in [3.8, 4) is 0 Å². The van der Waals surface area contributed by atoms with Gasteiger partial charge >= 0.3 is 0 Å². The van der Waals surface area contributed by atoms with E-state index < -0.39 is 0 Å². The first-order valence-electron chi connectivity index (χ1n) is 4.63. The lowest BCUT2D eigenvalue weighted by atomic mass is 10.3. The maximum Gasteiger partial charge on any atom is 0.185 e. The summed E-state index contributed by atoms with van der Waals surface area (Å²) in [5, 5.41) is 1.25. The minimum atomic E-state index is 0.268. The molecule has 2 rings (SSSR count). The molecule has 1 fully saturated rings. The molecule has 14 heavy (non-hydrogen) atoms. The average molecular weight is 212 g/mol. The summed E-state index contributed by atoms with van der Waals surface area (Å²) in [4.78, 5) is 10.4. The van der Waals surface area contributed by atoms with Crippen LogP contribution in [0.4, 0.5) is 0 Å². The Labute approximate surface area is 86.8 Å². The van der Waals surface area contributed by atoms with Gasteiger partial charge in [0.05, 0.1) is 6.10 Å². The van der Waals surface area contributed by atoms with E-state index in [-0.39, 0.29) is 6.10 Å². The van der Waals surface area contributed by atoms with Crippen molar-refractivity contribution in [1.82, 2.24) is 0 Å². The molecule has 2 unspecified atom stereocenters. The lowest BCUT2D eigenvalue weighted by Gasteiger charge is -2.10. The molecule has 2 heterocycles. The first-order chi connectivity index (χ1) is 6.79. The highest BCUT2D eigenvalue weighted by atomic mass is 32.2. The van der Waals surface area contributed by atoms with E-state index in [1.807, 2.05) is 6.07 Å². The number of hydrogen-bond donors (Lipinski definition) is 0. The van der Waals surface area contributed by atoms with Crippen LogP contribution in [-0.4, -0.2) is 24.2 Å². The molecule has 1 aliphatic heterocycles. The quantitative estimate of drug-likeness (QED) is 0.721. The van der Waals surface area contributed by atoms with Crippen molar-refractivity contribution >= 4 is 18.0 Å². The Morgan fingerprint density at radius 3 is 3.00 bits per heavy atom. The van der Waals surface area contributed by atoms with Gasteiger partial charge in [-0.2, -0.15) is 0 Å². The van der Waals surface area contributed by atoms with Gasteiger partial charge in [-0.05, 0) is 25.5 Å². The van der Waals surface area contributed by atoms with Crippen LogP contribution in [0.1, 0.15) is 23.9 Å². The molecule has 3 nitrogen and oxygen atoms in total. The zero-order valence-electron chi connectivity index (χ0n) is 7.93. The van der Waals surface area contributed by atoms with E-state index >= 15 is 0 Å². The highest BCUT2D eigenvalue weighted by molar-refractivity contribution is 7.99. The Hall–Kier alpha value is -0.740. The Kier molecular flexibility index (Phi) is 2.93. The molecule has 1 aromatic rings. The molecule has 0 radical (unpaired) electrons. The molecule has 76 valence electrons. The molecule has 0 spiro atoms. The van der Waals surface area contributed by atoms with Crippen molar-refractivity contribution < 1.29 is 13.9 Å². The van der Waals surface area contributed by atoms with E-state index in [0.717, 1.165) is 24.4 Å². The second-order valence-electron chi connectivity index (χ2n) is 3.30. The van der Waals surface area contributed by atoms with Gasteiger partial charge in [0.15, 0.2) is 17.1 Å². The highest BCUT2D eigenvalue weighted by Crippen LogP contribution is 2.33. The fraction of sp³-hybridized carbons (Fsp3) is 0.500. The van der Waals surface area contributed by atoms with Gasteiger partial charge in [0, 0.05) is 11.9 Å². The third kappa shape index (κ3) is 2.01. The molecule has 4 heteroatoms. The van der Waals surface area contributed by atoms with Crippen LogP contribution in [0.15, 0.2) is 21.6 Å². The van der Waals surface area contributed by atoms with Crippen molar-refractivity contribution in [1.29, 1.82) is 0 Å². The minimum Gasteiger partial charge on any atom is -0.447 e. The monoisotopic (exact) mass is 212 g/mol. The largest absolute Gasteiger partial charge is 0.447 e. The fourth-order valence-corrected chi connectivity index (χ4v) is 2.55. The molecule has 0 amide bonds. The number of furan rings is 1. The van der Waals surface area contributed by atoms with Gasteiger partial charge < -0.3 is 9.15 Å². The summed E-state index contributed by atoms with van der Waals surface area (Å²) in [6.07, 6.45) is 2.03. The molecule has 0 saturated carbocycles. The first-order valence-corrected chi connectivity index (χ1v) is 5.51. The zero-order chi connectivity index (χ0) is 9.97. The van der Waals surface area contributed by atoms with Crippen molar-refractivity contribution in [2.75, 3.05) is 6.61 Å². The van der Waals surface area contributed by atoms with E-state index in [0.29, 0.717) is 11.0 Å². The summed E-state index contributed by atoms with van der Waals surface area (Å²) in [6, 6.07) is 3.52. The molecule has 1 aromatic heterocycles. The predicted octanol–water partition coefficient (Wildman–Crippen LogP) is 2.36. The van der Waals surface area contributed by atoms with Crippen LogP contribution < -0.4 is 0 Å². The molecule has 0 bridgehead atoms. The van der Waals surface area contributed by atoms with Gasteiger partial charge in [-0.3, -0.25) is 4.79 Å². The smallest absolute Gasteiger partial charge is 0.185 e. The van der Waals surface area contributed by atoms with E-state index in [2.05, 4.69) is 6.92 Å². The number of carbonyl (C=O) groups excluding carboxylic acids is 1. The van der Waals surface area contributed by atoms with Crippen LogP contribution in [0.5, 0.6) is 0 Å². The third-order valence-electron chi connectivity index (χ3n) is 2.29. The molecule has 0 aliphatic carbocycles. The number of carbonyl (C=O) groups is 1. The molecular formula is C10H12O3S. The van der Waals surface area contributed by atoms with Crippen LogP contribution in [0.3, 0.4) is 0 Å². The Balaban J connectivity index is 1.99. The topological polar surface area (TPSA) is 39.4 Å². The average Bonchev–Trinajstić information content (AvgIpc) is 2.77. The summed E-state index contributed by atoms with van der Waals surface area (Å²) >= 11 is 1.64. The van der Waals surface area contributed by atoms with Crippen LogP contribution in [0.25, 0.3) is 0 Å². The maximum absolute atomic E-state index is 10.4. The van der Waals surface area contributed by atoms with E-state index in [1.165, 1.54) is 0 Å². The number of rotatable bonds is 3. The van der Waals surface area contributed by atoms with E-state index in [1.54, 1.807) is 17.8 Å². The van der Waals surface area contributed by atoms with Gasteiger partial charge in [0.2, 0.25) is 0 Å². The van der Waals surface area contributed by atoms with Crippen molar-refractivity contribution in [2.24, 2.45) is 0 Å². The Morgan fingerprint density at radius 2 is 2.43 bits per heavy atom. The van der Waals surface area contributed by atoms with Gasteiger partial charge in [-0.25, -0.2) is 0 Å². The third-order valence-corrected chi connectivity index (χ3v) is 3.67. The van der Waals surface area contributed by atoms with Gasteiger partial charge in [-0.15, -0.1) is 0 Å². The van der Waals surface area contributed by atoms with Crippen LogP contribution in [0, 0.1) is 0 Å². The number of thioether (sulfide) groups is 1. The molecule has 1 aliphatic rings. The van der Waals surface area contributed by atoms with Gasteiger partial charge in [0.25, 0.3) is 0 Å². The Bertz CT molecular complexity index is 321. The second-order valence-corrected chi connectivity index (χ2v) is 4.54. The van der Waals surface area contributed by atoms with Gasteiger partial charge in [0.1, 0.15) is 0 Å². The summed E-state index contributed by atoms with van der Waals surface area (Å²) < 4.78 is 10.7. The zero-order valence-corrected chi connectivity index (χ0v) is 8.75. The summed E-state index contributed by atoms with van der Waals surface area (Å²) in [5.41, 5.74) is 0. The SMILES string of the molecule is CC1OCCC1Sc1ccc(C=O)o1. The molecule has 0 N–H and O–H groups in total. The normalized spacial score (nSPS) is 26.6. The van der Waals surface area contributed by atoms with Crippen molar-refractivity contribution in [2.45, 2.75) is 29.8 Å². The lowest BCUT2D eigenvalue weighted by molar-refractivity contribution is 0.109. The van der Waals surface area contributed by atoms with E-state index in [9.17, 15) is 4.79 Å². The lowest BCUT2D eigenvalue weighted by Crippen LogP contribution is -2.12. The molecule has 2 atom stereocenters. The molecule has 1 saturated heterocycles. The predicted molar refractivity (Wildman–Crippen MR) is 53.8 cm³/mol. The standard InChI is InChI=1S/C10H12O3S/c1-7-9(4-5-12-7)14-10-3-2-8(6-11)13-10/h2-3,6-7,9H,4-5H2,1H3. The summed E-state index contributed by atoms with van der Waals surface area (Å²) in [6.45, 7) is 2.88. The summed E-state index contributed by atoms with van der Waals surface area (Å²) in [7, 11) is 0. The molecular weight excluding hydrogens is 200 g/mol. The van der Waals surface area contributed by atoms with Gasteiger partial charge in [-0.1, -0.05) is 11.8 Å². The second kappa shape index (κ2) is 4.19. The van der Waals surface area contributed by atoms with E-state index in [4.69, 9.17) is 9.15 Å². The van der Waals surface area contributed by atoms with Crippen LogP contribution in [0.2, 0.25) is 0 Å². The van der Waals surface area contributed by atoms with Crippen molar-refractivity contribution in [3.63, 3.8) is 0 Å². The maximum atomic E-state index is 10.4. The highest BCUT2D eigenvalue weighted by Gasteiger charge is 2.26. The van der Waals surface area contributed by atoms with Crippen LogP contribution >= 0.6 is 11.8 Å². The Morgan fingerprint density at radius 1 is 1.57 bits per heavy atom. The fourth-order valence-electron chi connectivity index (χ4n) is 1.48. The number of aldehydes is 1. The number of hydrogen-bond acceptors (Lipinski definition) is 4. The minimum absolute atomic E-state index is 0.268. The first kappa shape index (κ1) is 9.80.